The van der Waals surface area contributed by atoms with Gasteiger partial charge in [-0.1, -0.05) is 34.1 Å². The van der Waals surface area contributed by atoms with E-state index in [1.54, 1.807) is 18.2 Å². The summed E-state index contributed by atoms with van der Waals surface area (Å²) in [4.78, 5) is 0. The van der Waals surface area contributed by atoms with E-state index in [-0.39, 0.29) is 11.9 Å². The lowest BCUT2D eigenvalue weighted by Crippen LogP contribution is -2.18. The predicted octanol–water partition coefficient (Wildman–Crippen LogP) is 4.31. The first-order valence-electron chi connectivity index (χ1n) is 6.27. The Morgan fingerprint density at radius 2 is 1.95 bits per heavy atom. The smallest absolute Gasteiger partial charge is 0.124 e. The summed E-state index contributed by atoms with van der Waals surface area (Å²) in [6.45, 7) is 2.70. The highest BCUT2D eigenvalue weighted by molar-refractivity contribution is 9.10. The summed E-state index contributed by atoms with van der Waals surface area (Å²) in [5, 5.41) is 12.1. The molecule has 102 valence electrons. The van der Waals surface area contributed by atoms with Crippen LogP contribution in [0.25, 0.3) is 0 Å². The summed E-state index contributed by atoms with van der Waals surface area (Å²) in [5.74, 6) is -0.249. The first-order valence-corrected chi connectivity index (χ1v) is 7.07. The monoisotopic (exact) mass is 332 g/mol. The highest BCUT2D eigenvalue weighted by Gasteiger charge is 2.07. The zero-order valence-corrected chi connectivity index (χ0v) is 12.6. The number of nitrogens with zero attached hydrogens (tertiary/aromatic N) is 1. The van der Waals surface area contributed by atoms with Crippen LogP contribution in [0.2, 0.25) is 0 Å². The van der Waals surface area contributed by atoms with E-state index in [4.69, 9.17) is 5.26 Å². The zero-order chi connectivity index (χ0) is 14.5. The van der Waals surface area contributed by atoms with Crippen molar-refractivity contribution in [2.24, 2.45) is 0 Å². The largest absolute Gasteiger partial charge is 0.306 e. The second-order valence-corrected chi connectivity index (χ2v) is 5.43. The molecule has 0 aliphatic heterocycles. The average molecular weight is 333 g/mol. The second-order valence-electron chi connectivity index (χ2n) is 4.57. The summed E-state index contributed by atoms with van der Waals surface area (Å²) in [7, 11) is 0. The van der Waals surface area contributed by atoms with Crippen molar-refractivity contribution in [1.82, 2.24) is 5.32 Å². The van der Waals surface area contributed by atoms with Gasteiger partial charge in [-0.3, -0.25) is 0 Å². The van der Waals surface area contributed by atoms with E-state index in [1.165, 1.54) is 12.1 Å². The van der Waals surface area contributed by atoms with E-state index in [1.807, 2.05) is 12.1 Å². The average Bonchev–Trinajstić information content (AvgIpc) is 2.46. The number of halogens is 2. The summed E-state index contributed by atoms with van der Waals surface area (Å²) in [6.07, 6.45) is 0. The third kappa shape index (κ3) is 3.66. The van der Waals surface area contributed by atoms with Crippen molar-refractivity contribution in [2.75, 3.05) is 0 Å². The normalized spacial score (nSPS) is 11.9. The van der Waals surface area contributed by atoms with Crippen LogP contribution < -0.4 is 5.32 Å². The number of nitriles is 1. The van der Waals surface area contributed by atoms with Crippen molar-refractivity contribution in [3.05, 3.63) is 69.4 Å². The second kappa shape index (κ2) is 6.65. The number of nitrogens with one attached hydrogen (secondary N) is 1. The molecule has 20 heavy (non-hydrogen) atoms. The van der Waals surface area contributed by atoms with Gasteiger partial charge in [0, 0.05) is 17.1 Å². The van der Waals surface area contributed by atoms with Crippen LogP contribution >= 0.6 is 15.9 Å². The Morgan fingerprint density at radius 3 is 2.55 bits per heavy atom. The lowest BCUT2D eigenvalue weighted by Gasteiger charge is -2.15. The van der Waals surface area contributed by atoms with Gasteiger partial charge in [0.05, 0.1) is 11.6 Å². The molecule has 0 aliphatic carbocycles. The Kier molecular flexibility index (Phi) is 4.89. The maximum absolute atomic E-state index is 13.0. The van der Waals surface area contributed by atoms with Crippen LogP contribution in [0.3, 0.4) is 0 Å². The van der Waals surface area contributed by atoms with Crippen molar-refractivity contribution < 1.29 is 4.39 Å². The molecule has 2 aromatic rings. The molecule has 2 rings (SSSR count). The molecule has 0 amide bonds. The minimum Gasteiger partial charge on any atom is -0.306 e. The number of hydrogen-bond donors (Lipinski definition) is 1. The fourth-order valence-electron chi connectivity index (χ4n) is 1.89. The maximum Gasteiger partial charge on any atom is 0.124 e. The lowest BCUT2D eigenvalue weighted by molar-refractivity contribution is 0.571. The van der Waals surface area contributed by atoms with Gasteiger partial charge in [0.25, 0.3) is 0 Å². The van der Waals surface area contributed by atoms with E-state index in [0.717, 1.165) is 15.6 Å². The Hall–Kier alpha value is -1.70. The molecule has 2 nitrogen and oxygen atoms in total. The third-order valence-electron chi connectivity index (χ3n) is 3.15. The fourth-order valence-corrected chi connectivity index (χ4v) is 2.38. The summed E-state index contributed by atoms with van der Waals surface area (Å²) >= 11 is 3.36. The SMILES string of the molecule is CC(NCc1ccc(F)cc1Br)c1ccc(C#N)cc1. The van der Waals surface area contributed by atoms with Gasteiger partial charge in [-0.15, -0.1) is 0 Å². The highest BCUT2D eigenvalue weighted by Crippen LogP contribution is 2.19. The Labute approximate surface area is 126 Å². The van der Waals surface area contributed by atoms with E-state index < -0.39 is 0 Å². The van der Waals surface area contributed by atoms with Gasteiger partial charge in [0.2, 0.25) is 0 Å². The maximum atomic E-state index is 13.0. The third-order valence-corrected chi connectivity index (χ3v) is 3.89. The van der Waals surface area contributed by atoms with E-state index in [9.17, 15) is 4.39 Å². The fraction of sp³-hybridized carbons (Fsp3) is 0.188. The van der Waals surface area contributed by atoms with E-state index >= 15 is 0 Å². The lowest BCUT2D eigenvalue weighted by atomic mass is 10.1. The van der Waals surface area contributed by atoms with Gasteiger partial charge in [0.15, 0.2) is 0 Å². The molecule has 0 heterocycles. The summed E-state index contributed by atoms with van der Waals surface area (Å²) in [5.41, 5.74) is 2.77. The van der Waals surface area contributed by atoms with Crippen molar-refractivity contribution in [2.45, 2.75) is 19.5 Å². The molecular formula is C16H14BrFN2. The standard InChI is InChI=1S/C16H14BrFN2/c1-11(13-4-2-12(9-19)3-5-13)20-10-14-6-7-15(18)8-16(14)17/h2-8,11,20H,10H2,1H3. The number of rotatable bonds is 4. The molecule has 1 atom stereocenters. The Bertz CT molecular complexity index is 632. The van der Waals surface area contributed by atoms with Crippen LogP contribution in [-0.4, -0.2) is 0 Å². The molecular weight excluding hydrogens is 319 g/mol. The van der Waals surface area contributed by atoms with Crippen molar-refractivity contribution in [3.63, 3.8) is 0 Å². The van der Waals surface area contributed by atoms with Crippen molar-refractivity contribution in [3.8, 4) is 6.07 Å². The quantitative estimate of drug-likeness (QED) is 0.905. The predicted molar refractivity (Wildman–Crippen MR) is 80.5 cm³/mol. The van der Waals surface area contributed by atoms with Gasteiger partial charge in [0.1, 0.15) is 5.82 Å². The molecule has 0 radical (unpaired) electrons. The number of benzene rings is 2. The van der Waals surface area contributed by atoms with E-state index in [0.29, 0.717) is 12.1 Å². The zero-order valence-electron chi connectivity index (χ0n) is 11.0. The van der Waals surface area contributed by atoms with Gasteiger partial charge >= 0.3 is 0 Å². The van der Waals surface area contributed by atoms with E-state index in [2.05, 4.69) is 34.2 Å². The number of hydrogen-bond acceptors (Lipinski definition) is 2. The molecule has 2 aromatic carbocycles. The molecule has 1 unspecified atom stereocenters. The first kappa shape index (κ1) is 14.7. The van der Waals surface area contributed by atoms with Crippen LogP contribution in [0.15, 0.2) is 46.9 Å². The van der Waals surface area contributed by atoms with Crippen LogP contribution in [0.4, 0.5) is 4.39 Å². The van der Waals surface area contributed by atoms with Crippen LogP contribution in [-0.2, 0) is 6.54 Å². The summed E-state index contributed by atoms with van der Waals surface area (Å²) in [6, 6.07) is 14.4. The van der Waals surface area contributed by atoms with Crippen LogP contribution in [0.5, 0.6) is 0 Å². The molecule has 0 bridgehead atoms. The Balaban J connectivity index is 2.00. The molecule has 0 saturated heterocycles. The molecule has 0 fully saturated rings. The Morgan fingerprint density at radius 1 is 1.25 bits per heavy atom. The van der Waals surface area contributed by atoms with Gasteiger partial charge in [-0.25, -0.2) is 4.39 Å². The molecule has 4 heteroatoms. The van der Waals surface area contributed by atoms with Gasteiger partial charge in [-0.2, -0.15) is 5.26 Å². The molecule has 0 spiro atoms. The minimum absolute atomic E-state index is 0.152. The van der Waals surface area contributed by atoms with Gasteiger partial charge < -0.3 is 5.32 Å². The van der Waals surface area contributed by atoms with Crippen LogP contribution in [0.1, 0.15) is 29.7 Å². The van der Waals surface area contributed by atoms with Crippen molar-refractivity contribution in [1.29, 1.82) is 5.26 Å². The highest BCUT2D eigenvalue weighted by atomic mass is 79.9. The molecule has 0 saturated carbocycles. The topological polar surface area (TPSA) is 35.8 Å². The summed E-state index contributed by atoms with van der Waals surface area (Å²) < 4.78 is 13.8. The van der Waals surface area contributed by atoms with Gasteiger partial charge in [-0.05, 0) is 42.3 Å². The first-order chi connectivity index (χ1) is 9.60. The van der Waals surface area contributed by atoms with Crippen LogP contribution in [0, 0.1) is 17.1 Å². The molecule has 0 aromatic heterocycles. The van der Waals surface area contributed by atoms with Crippen molar-refractivity contribution >= 4 is 15.9 Å². The minimum atomic E-state index is -0.249. The molecule has 1 N–H and O–H groups in total. The molecule has 0 aliphatic rings.